The minimum absolute atomic E-state index is 0.452. The Kier molecular flexibility index (Phi) is 1.71. The Morgan fingerprint density at radius 2 is 2.17 bits per heavy atom. The Hall–Kier alpha value is -0.780. The average Bonchev–Trinajstić information content (AvgIpc) is 2.02. The lowest BCUT2D eigenvalue weighted by atomic mass is 9.69. The van der Waals surface area contributed by atoms with Gasteiger partial charge in [-0.3, -0.25) is 0 Å². The molecule has 0 bridgehead atoms. The number of hydrogen-bond donors (Lipinski definition) is 0. The van der Waals surface area contributed by atoms with Gasteiger partial charge >= 0.3 is 0 Å². The number of fused-ring (bicyclic) bond motifs is 1. The van der Waals surface area contributed by atoms with Crippen molar-refractivity contribution in [1.82, 2.24) is 0 Å². The van der Waals surface area contributed by atoms with E-state index >= 15 is 0 Å². The zero-order valence-electron chi connectivity index (χ0n) is 7.93. The van der Waals surface area contributed by atoms with E-state index in [2.05, 4.69) is 38.2 Å². The largest absolute Gasteiger partial charge is 0.0842 e. The van der Waals surface area contributed by atoms with Gasteiger partial charge in [0.25, 0.3) is 0 Å². The van der Waals surface area contributed by atoms with Crippen molar-refractivity contribution in [3.05, 3.63) is 35.5 Å². The molecule has 0 aromatic heterocycles. The second-order valence-corrected chi connectivity index (χ2v) is 4.31. The summed E-state index contributed by atoms with van der Waals surface area (Å²) in [6, 6.07) is 0. The Morgan fingerprint density at radius 3 is 3.00 bits per heavy atom. The molecule has 0 heteroatoms. The van der Waals surface area contributed by atoms with Gasteiger partial charge in [0.15, 0.2) is 0 Å². The van der Waals surface area contributed by atoms with Crippen LogP contribution in [-0.4, -0.2) is 0 Å². The molecule has 0 heterocycles. The van der Waals surface area contributed by atoms with E-state index in [9.17, 15) is 0 Å². The third-order valence-electron chi connectivity index (χ3n) is 3.07. The van der Waals surface area contributed by atoms with Gasteiger partial charge in [0.1, 0.15) is 0 Å². The van der Waals surface area contributed by atoms with E-state index in [1.165, 1.54) is 30.4 Å². The Morgan fingerprint density at radius 1 is 1.33 bits per heavy atom. The van der Waals surface area contributed by atoms with E-state index in [1.54, 1.807) is 0 Å². The van der Waals surface area contributed by atoms with Gasteiger partial charge in [0.2, 0.25) is 0 Å². The summed E-state index contributed by atoms with van der Waals surface area (Å²) < 4.78 is 0. The normalized spacial score (nSPS) is 33.8. The second-order valence-electron chi connectivity index (χ2n) is 4.31. The van der Waals surface area contributed by atoms with E-state index in [-0.39, 0.29) is 0 Å². The third-order valence-corrected chi connectivity index (χ3v) is 3.07. The molecule has 1 unspecified atom stereocenters. The molecule has 0 saturated carbocycles. The molecule has 1 atom stereocenters. The highest BCUT2D eigenvalue weighted by Crippen LogP contribution is 2.44. The highest BCUT2D eigenvalue weighted by Gasteiger charge is 2.30. The molecule has 0 N–H and O–H groups in total. The quantitative estimate of drug-likeness (QED) is 0.507. The van der Waals surface area contributed by atoms with Gasteiger partial charge in [0, 0.05) is 0 Å². The molecule has 0 fully saturated rings. The predicted molar refractivity (Wildman–Crippen MR) is 52.9 cm³/mol. The van der Waals surface area contributed by atoms with Crippen molar-refractivity contribution in [2.24, 2.45) is 5.41 Å². The molecule has 2 rings (SSSR count). The molecule has 64 valence electrons. The van der Waals surface area contributed by atoms with Crippen molar-refractivity contribution in [3.8, 4) is 0 Å². The van der Waals surface area contributed by atoms with E-state index in [4.69, 9.17) is 0 Å². The summed E-state index contributed by atoms with van der Waals surface area (Å²) in [5.41, 5.74) is 3.50. The van der Waals surface area contributed by atoms with Gasteiger partial charge in [-0.05, 0) is 37.2 Å². The molecule has 2 aliphatic carbocycles. The third kappa shape index (κ3) is 1.16. The standard InChI is InChI=1S/C12H16/c1-10-6-7-11-5-3-4-8-12(11,2)9-10/h3,5-7H,4,8-9H2,1-2H3. The van der Waals surface area contributed by atoms with E-state index in [0.717, 1.165) is 0 Å². The summed E-state index contributed by atoms with van der Waals surface area (Å²) >= 11 is 0. The Bertz CT molecular complexity index is 278. The first-order valence-corrected chi connectivity index (χ1v) is 4.75. The Labute approximate surface area is 74.7 Å². The molecule has 0 aromatic carbocycles. The van der Waals surface area contributed by atoms with Gasteiger partial charge in [-0.15, -0.1) is 0 Å². The van der Waals surface area contributed by atoms with Crippen molar-refractivity contribution in [1.29, 1.82) is 0 Å². The summed E-state index contributed by atoms with van der Waals surface area (Å²) in [5.74, 6) is 0. The van der Waals surface area contributed by atoms with Crippen LogP contribution in [0.15, 0.2) is 35.5 Å². The smallest absolute Gasteiger partial charge is 0.00353 e. The van der Waals surface area contributed by atoms with Crippen LogP contribution < -0.4 is 0 Å². The number of hydrogen-bond acceptors (Lipinski definition) is 0. The average molecular weight is 160 g/mol. The van der Waals surface area contributed by atoms with E-state index < -0.39 is 0 Å². The first-order chi connectivity index (χ1) is 5.71. The first kappa shape index (κ1) is 7.85. The zero-order chi connectivity index (χ0) is 8.60. The minimum atomic E-state index is 0.452. The lowest BCUT2D eigenvalue weighted by Gasteiger charge is -2.36. The van der Waals surface area contributed by atoms with E-state index in [0.29, 0.717) is 5.41 Å². The summed E-state index contributed by atoms with van der Waals surface area (Å²) in [7, 11) is 0. The second kappa shape index (κ2) is 2.62. The van der Waals surface area contributed by atoms with Gasteiger partial charge in [-0.25, -0.2) is 0 Å². The van der Waals surface area contributed by atoms with Crippen molar-refractivity contribution in [2.45, 2.75) is 33.1 Å². The molecule has 12 heavy (non-hydrogen) atoms. The Balaban J connectivity index is 2.39. The molecular weight excluding hydrogens is 144 g/mol. The molecule has 0 aliphatic heterocycles. The van der Waals surface area contributed by atoms with Crippen LogP contribution in [-0.2, 0) is 0 Å². The highest BCUT2D eigenvalue weighted by atomic mass is 14.3. The monoisotopic (exact) mass is 160 g/mol. The molecular formula is C12H16. The maximum Gasteiger partial charge on any atom is -0.00353 e. The van der Waals surface area contributed by atoms with Crippen LogP contribution in [0.25, 0.3) is 0 Å². The highest BCUT2D eigenvalue weighted by molar-refractivity contribution is 5.38. The molecule has 0 aromatic rings. The SMILES string of the molecule is CC1=CC=C2C=CCCC2(C)C1. The maximum atomic E-state index is 2.39. The zero-order valence-corrected chi connectivity index (χ0v) is 7.93. The van der Waals surface area contributed by atoms with Gasteiger partial charge in [0.05, 0.1) is 0 Å². The van der Waals surface area contributed by atoms with Crippen LogP contribution in [0.5, 0.6) is 0 Å². The lowest BCUT2D eigenvalue weighted by Crippen LogP contribution is -2.22. The fourth-order valence-electron chi connectivity index (χ4n) is 2.31. The van der Waals surface area contributed by atoms with Crippen molar-refractivity contribution in [3.63, 3.8) is 0 Å². The fraction of sp³-hybridized carbons (Fsp3) is 0.500. The summed E-state index contributed by atoms with van der Waals surface area (Å²) in [5, 5.41) is 0. The minimum Gasteiger partial charge on any atom is -0.0842 e. The number of rotatable bonds is 0. The van der Waals surface area contributed by atoms with Crippen LogP contribution in [0, 0.1) is 5.41 Å². The van der Waals surface area contributed by atoms with Crippen molar-refractivity contribution >= 4 is 0 Å². The van der Waals surface area contributed by atoms with Crippen LogP contribution >= 0.6 is 0 Å². The first-order valence-electron chi connectivity index (χ1n) is 4.75. The van der Waals surface area contributed by atoms with Crippen LogP contribution in [0.4, 0.5) is 0 Å². The molecule has 0 radical (unpaired) electrons. The summed E-state index contributed by atoms with van der Waals surface area (Å²) in [6.07, 6.45) is 13.0. The summed E-state index contributed by atoms with van der Waals surface area (Å²) in [4.78, 5) is 0. The van der Waals surface area contributed by atoms with Gasteiger partial charge < -0.3 is 0 Å². The van der Waals surface area contributed by atoms with Crippen molar-refractivity contribution in [2.75, 3.05) is 0 Å². The maximum absolute atomic E-state index is 2.39. The molecule has 0 nitrogen and oxygen atoms in total. The number of allylic oxidation sites excluding steroid dienone is 6. The summed E-state index contributed by atoms with van der Waals surface area (Å²) in [6.45, 7) is 4.62. The fourth-order valence-corrected chi connectivity index (χ4v) is 2.31. The van der Waals surface area contributed by atoms with Crippen LogP contribution in [0.1, 0.15) is 33.1 Å². The van der Waals surface area contributed by atoms with Gasteiger partial charge in [-0.1, -0.05) is 36.8 Å². The van der Waals surface area contributed by atoms with Gasteiger partial charge in [-0.2, -0.15) is 0 Å². The molecule has 0 spiro atoms. The molecule has 2 aliphatic rings. The lowest BCUT2D eigenvalue weighted by molar-refractivity contribution is 0.359. The molecule has 0 saturated heterocycles. The topological polar surface area (TPSA) is 0 Å². The predicted octanol–water partition coefficient (Wildman–Crippen LogP) is 3.62. The van der Waals surface area contributed by atoms with E-state index in [1.807, 2.05) is 0 Å². The van der Waals surface area contributed by atoms with Crippen molar-refractivity contribution < 1.29 is 0 Å². The van der Waals surface area contributed by atoms with Crippen LogP contribution in [0.2, 0.25) is 0 Å². The molecule has 0 amide bonds. The van der Waals surface area contributed by atoms with Crippen LogP contribution in [0.3, 0.4) is 0 Å².